The highest BCUT2D eigenvalue weighted by molar-refractivity contribution is 7.98. The molecule has 0 fully saturated rings. The molecule has 282 valence electrons. The van der Waals surface area contributed by atoms with Gasteiger partial charge >= 0.3 is 11.9 Å². The molecule has 0 saturated heterocycles. The molecular weight excluding hydrogens is 671 g/mol. The van der Waals surface area contributed by atoms with Crippen molar-refractivity contribution in [3.63, 3.8) is 0 Å². The minimum Gasteiger partial charge on any atom is -0.493 e. The van der Waals surface area contributed by atoms with Crippen LogP contribution >= 0.6 is 11.8 Å². The summed E-state index contributed by atoms with van der Waals surface area (Å²) >= 11 is 1.45. The highest BCUT2D eigenvalue weighted by atomic mass is 32.2. The number of imidazole rings is 1. The highest BCUT2D eigenvalue weighted by Gasteiger charge is 2.32. The van der Waals surface area contributed by atoms with E-state index in [0.29, 0.717) is 40.2 Å². The molecule has 4 rings (SSSR count). The Labute approximate surface area is 315 Å². The number of benzene rings is 2. The first-order valence-corrected chi connectivity index (χ1v) is 20.4. The summed E-state index contributed by atoms with van der Waals surface area (Å²) < 4.78 is 17.4. The molecule has 0 amide bonds. The summed E-state index contributed by atoms with van der Waals surface area (Å²) in [5, 5.41) is 0.709. The van der Waals surface area contributed by atoms with Gasteiger partial charge in [-0.2, -0.15) is 0 Å². The van der Waals surface area contributed by atoms with Crippen LogP contribution in [0.3, 0.4) is 0 Å². The van der Waals surface area contributed by atoms with Crippen molar-refractivity contribution in [2.24, 2.45) is 0 Å². The molecule has 0 aliphatic rings. The zero-order chi connectivity index (χ0) is 37.3. The molecule has 2 aromatic carbocycles. The Balaban J connectivity index is 1.63. The van der Waals surface area contributed by atoms with Gasteiger partial charge < -0.3 is 19.2 Å². The standard InChI is InChI=1S/C43H59N3O5S/c1-7-9-10-11-12-13-14-15-16-17-18-19-20-24-32-25-23-28-36(50-8-2)38(32)40-37(41(47)49-6)31(5)44-35(39(40)42(48)51-30(3)4)29-52-43-45-33-26-21-22-27-34(33)46-43/h21-23,25-28,30H,7-20,24,29H2,1-6H3,(H,45,46). The van der Waals surface area contributed by atoms with Gasteiger partial charge in [0.25, 0.3) is 0 Å². The van der Waals surface area contributed by atoms with Crippen LogP contribution in [0.5, 0.6) is 5.75 Å². The fraction of sp³-hybridized carbons (Fsp3) is 0.535. The first-order valence-electron chi connectivity index (χ1n) is 19.4. The Hall–Kier alpha value is -3.85. The van der Waals surface area contributed by atoms with E-state index in [1.54, 1.807) is 6.92 Å². The van der Waals surface area contributed by atoms with E-state index in [9.17, 15) is 9.59 Å². The number of hydrogen-bond acceptors (Lipinski definition) is 8. The molecule has 8 nitrogen and oxygen atoms in total. The summed E-state index contributed by atoms with van der Waals surface area (Å²) in [4.78, 5) is 40.7. The number of aryl methyl sites for hydroxylation is 2. The van der Waals surface area contributed by atoms with Crippen molar-refractivity contribution in [2.75, 3.05) is 13.7 Å². The summed E-state index contributed by atoms with van der Waals surface area (Å²) in [6, 6.07) is 13.8. The monoisotopic (exact) mass is 729 g/mol. The minimum absolute atomic E-state index is 0.245. The number of carbonyl (C=O) groups is 2. The fourth-order valence-electron chi connectivity index (χ4n) is 6.78. The van der Waals surface area contributed by atoms with Crippen LogP contribution in [0, 0.1) is 6.92 Å². The van der Waals surface area contributed by atoms with Crippen LogP contribution < -0.4 is 4.74 Å². The molecule has 0 aliphatic carbocycles. The van der Waals surface area contributed by atoms with Crippen molar-refractivity contribution >= 4 is 34.7 Å². The van der Waals surface area contributed by atoms with Gasteiger partial charge in [-0.15, -0.1) is 0 Å². The number of pyridine rings is 1. The fourth-order valence-corrected chi connectivity index (χ4v) is 7.60. The molecule has 0 saturated carbocycles. The van der Waals surface area contributed by atoms with Crippen LogP contribution in [0.2, 0.25) is 0 Å². The van der Waals surface area contributed by atoms with E-state index in [-0.39, 0.29) is 17.2 Å². The Bertz CT molecular complexity index is 1700. The number of fused-ring (bicyclic) bond motifs is 1. The summed E-state index contributed by atoms with van der Waals surface area (Å²) in [5.74, 6) is -0.169. The minimum atomic E-state index is -0.562. The number of esters is 2. The third-order valence-electron chi connectivity index (χ3n) is 9.31. The molecular formula is C43H59N3O5S. The van der Waals surface area contributed by atoms with Crippen LogP contribution in [0.4, 0.5) is 0 Å². The number of H-pyrrole nitrogens is 1. The molecule has 2 aromatic heterocycles. The molecule has 52 heavy (non-hydrogen) atoms. The van der Waals surface area contributed by atoms with Gasteiger partial charge in [0.05, 0.1) is 53.4 Å². The van der Waals surface area contributed by atoms with Gasteiger partial charge in [0.2, 0.25) is 0 Å². The second kappa shape index (κ2) is 21.6. The molecule has 0 radical (unpaired) electrons. The Morgan fingerprint density at radius 1 is 0.769 bits per heavy atom. The first kappa shape index (κ1) is 40.9. The molecule has 2 heterocycles. The number of para-hydroxylation sites is 2. The molecule has 0 bridgehead atoms. The molecule has 0 spiro atoms. The maximum atomic E-state index is 14.2. The van der Waals surface area contributed by atoms with E-state index in [0.717, 1.165) is 41.4 Å². The van der Waals surface area contributed by atoms with E-state index in [4.69, 9.17) is 24.2 Å². The number of rotatable bonds is 23. The second-order valence-corrected chi connectivity index (χ2v) is 14.7. The predicted molar refractivity (Wildman–Crippen MR) is 213 cm³/mol. The maximum Gasteiger partial charge on any atom is 0.340 e. The van der Waals surface area contributed by atoms with Gasteiger partial charge in [-0.25, -0.2) is 14.6 Å². The highest BCUT2D eigenvalue weighted by Crippen LogP contribution is 2.42. The number of ether oxygens (including phenoxy) is 3. The summed E-state index contributed by atoms with van der Waals surface area (Å²) in [6.45, 7) is 10.1. The number of thioether (sulfide) groups is 1. The van der Waals surface area contributed by atoms with Crippen LogP contribution in [0.1, 0.15) is 149 Å². The number of methoxy groups -OCH3 is 1. The van der Waals surface area contributed by atoms with Gasteiger partial charge in [0.1, 0.15) is 5.75 Å². The van der Waals surface area contributed by atoms with Gasteiger partial charge in [0, 0.05) is 16.9 Å². The van der Waals surface area contributed by atoms with Crippen molar-refractivity contribution in [1.29, 1.82) is 0 Å². The third-order valence-corrected chi connectivity index (χ3v) is 10.2. The second-order valence-electron chi connectivity index (χ2n) is 13.8. The van der Waals surface area contributed by atoms with Crippen LogP contribution in [0.15, 0.2) is 47.6 Å². The quantitative estimate of drug-likeness (QED) is 0.0457. The predicted octanol–water partition coefficient (Wildman–Crippen LogP) is 11.6. The smallest absolute Gasteiger partial charge is 0.340 e. The van der Waals surface area contributed by atoms with E-state index in [1.165, 1.54) is 89.5 Å². The molecule has 0 unspecified atom stereocenters. The lowest BCUT2D eigenvalue weighted by Gasteiger charge is -2.23. The summed E-state index contributed by atoms with van der Waals surface area (Å²) in [7, 11) is 1.35. The van der Waals surface area contributed by atoms with Gasteiger partial charge in [-0.05, 0) is 64.3 Å². The van der Waals surface area contributed by atoms with Crippen LogP contribution in [-0.2, 0) is 21.6 Å². The van der Waals surface area contributed by atoms with Crippen molar-refractivity contribution in [3.8, 4) is 16.9 Å². The molecule has 0 aliphatic heterocycles. The molecule has 1 N–H and O–H groups in total. The number of aromatic nitrogens is 3. The Morgan fingerprint density at radius 2 is 1.42 bits per heavy atom. The van der Waals surface area contributed by atoms with E-state index in [1.807, 2.05) is 57.2 Å². The number of nitrogens with zero attached hydrogens (tertiary/aromatic N) is 2. The van der Waals surface area contributed by atoms with E-state index < -0.39 is 11.9 Å². The number of carbonyl (C=O) groups excluding carboxylic acids is 2. The van der Waals surface area contributed by atoms with Crippen molar-refractivity contribution in [3.05, 3.63) is 70.5 Å². The molecule has 0 atom stereocenters. The van der Waals surface area contributed by atoms with Crippen LogP contribution in [0.25, 0.3) is 22.2 Å². The Morgan fingerprint density at radius 3 is 2.04 bits per heavy atom. The van der Waals surface area contributed by atoms with Gasteiger partial charge in [0.15, 0.2) is 5.16 Å². The molecule has 4 aromatic rings. The lowest BCUT2D eigenvalue weighted by molar-refractivity contribution is 0.0377. The topological polar surface area (TPSA) is 103 Å². The summed E-state index contributed by atoms with van der Waals surface area (Å²) in [5.41, 5.74) is 5.46. The van der Waals surface area contributed by atoms with Crippen LogP contribution in [-0.4, -0.2) is 46.7 Å². The first-order chi connectivity index (χ1) is 25.3. The SMILES string of the molecule is CCCCCCCCCCCCCCCc1cccc(OCC)c1-c1c(C(=O)OC)c(C)nc(CSc2nc3ccccc3[nH]2)c1C(=O)OC(C)C. The number of hydrogen-bond donors (Lipinski definition) is 1. The van der Waals surface area contributed by atoms with E-state index >= 15 is 0 Å². The third kappa shape index (κ3) is 11.6. The number of aromatic amines is 1. The van der Waals surface area contributed by atoms with Crippen molar-refractivity contribution in [2.45, 2.75) is 142 Å². The summed E-state index contributed by atoms with van der Waals surface area (Å²) in [6.07, 6.45) is 17.0. The average Bonchev–Trinajstić information content (AvgIpc) is 3.55. The normalized spacial score (nSPS) is 11.4. The Kier molecular flexibility index (Phi) is 17.0. The van der Waals surface area contributed by atoms with E-state index in [2.05, 4.69) is 18.0 Å². The maximum absolute atomic E-state index is 14.2. The zero-order valence-corrected chi connectivity index (χ0v) is 33.1. The zero-order valence-electron chi connectivity index (χ0n) is 32.3. The lowest BCUT2D eigenvalue weighted by Crippen LogP contribution is -2.20. The number of nitrogens with one attached hydrogen (secondary N) is 1. The van der Waals surface area contributed by atoms with Crippen molar-refractivity contribution < 1.29 is 23.8 Å². The number of unbranched alkanes of at least 4 members (excludes halogenated alkanes) is 12. The average molecular weight is 730 g/mol. The van der Waals surface area contributed by atoms with Crippen molar-refractivity contribution in [1.82, 2.24) is 15.0 Å². The molecule has 9 heteroatoms. The lowest BCUT2D eigenvalue weighted by atomic mass is 9.87. The largest absolute Gasteiger partial charge is 0.493 e. The van der Waals surface area contributed by atoms with Gasteiger partial charge in [-0.1, -0.05) is 120 Å². The van der Waals surface area contributed by atoms with Gasteiger partial charge in [-0.3, -0.25) is 4.98 Å².